The highest BCUT2D eigenvalue weighted by atomic mass is 35.5. The summed E-state index contributed by atoms with van der Waals surface area (Å²) in [5.41, 5.74) is 0. The lowest BCUT2D eigenvalue weighted by atomic mass is 10.1. The largest absolute Gasteiger partial charge is 0.343 e. The third-order valence-corrected chi connectivity index (χ3v) is 2.50. The first kappa shape index (κ1) is 9.85. The van der Waals surface area contributed by atoms with Crippen molar-refractivity contribution in [3.05, 3.63) is 0 Å². The summed E-state index contributed by atoms with van der Waals surface area (Å²) in [6.07, 6.45) is 5.07. The standard InChI is InChI=1S/C9H16ClNO/c10-6-2-4-8-11-7-3-1-5-9(11)12/h1-8H2. The van der Waals surface area contributed by atoms with Crippen molar-refractivity contribution in [2.75, 3.05) is 19.0 Å². The number of hydrogen-bond acceptors (Lipinski definition) is 1. The van der Waals surface area contributed by atoms with Crippen LogP contribution in [-0.2, 0) is 4.79 Å². The zero-order valence-corrected chi connectivity index (χ0v) is 8.15. The second-order valence-corrected chi connectivity index (χ2v) is 3.61. The number of rotatable bonds is 4. The van der Waals surface area contributed by atoms with Gasteiger partial charge in [0.05, 0.1) is 0 Å². The molecule has 0 atom stereocenters. The highest BCUT2D eigenvalue weighted by Crippen LogP contribution is 2.11. The first-order valence-corrected chi connectivity index (χ1v) is 5.22. The van der Waals surface area contributed by atoms with Gasteiger partial charge in [-0.3, -0.25) is 4.79 Å². The van der Waals surface area contributed by atoms with Gasteiger partial charge in [-0.25, -0.2) is 0 Å². The number of carbonyl (C=O) groups excluding carboxylic acids is 1. The second-order valence-electron chi connectivity index (χ2n) is 3.23. The van der Waals surface area contributed by atoms with Gasteiger partial charge in [-0.15, -0.1) is 11.6 Å². The first-order chi connectivity index (χ1) is 5.84. The number of carbonyl (C=O) groups is 1. The molecule has 0 unspecified atom stereocenters. The number of nitrogens with zero attached hydrogens (tertiary/aromatic N) is 1. The summed E-state index contributed by atoms with van der Waals surface area (Å²) in [5, 5.41) is 0. The molecule has 1 heterocycles. The van der Waals surface area contributed by atoms with Gasteiger partial charge in [0, 0.05) is 25.4 Å². The lowest BCUT2D eigenvalue weighted by molar-refractivity contribution is -0.133. The summed E-state index contributed by atoms with van der Waals surface area (Å²) in [6.45, 7) is 1.87. The average Bonchev–Trinajstić information content (AvgIpc) is 2.09. The highest BCUT2D eigenvalue weighted by Gasteiger charge is 2.16. The summed E-state index contributed by atoms with van der Waals surface area (Å²) in [5.74, 6) is 1.04. The Labute approximate surface area is 78.9 Å². The monoisotopic (exact) mass is 189 g/mol. The van der Waals surface area contributed by atoms with Crippen LogP contribution < -0.4 is 0 Å². The van der Waals surface area contributed by atoms with Gasteiger partial charge >= 0.3 is 0 Å². The number of halogens is 1. The maximum atomic E-state index is 11.3. The summed E-state index contributed by atoms with van der Waals surface area (Å²) in [7, 11) is 0. The fourth-order valence-electron chi connectivity index (χ4n) is 1.50. The number of unbranched alkanes of at least 4 members (excludes halogenated alkanes) is 1. The summed E-state index contributed by atoms with van der Waals surface area (Å²) in [4.78, 5) is 13.2. The van der Waals surface area contributed by atoms with Gasteiger partial charge in [-0.05, 0) is 25.7 Å². The molecule has 1 saturated heterocycles. The number of hydrogen-bond donors (Lipinski definition) is 0. The molecule has 0 saturated carbocycles. The molecule has 12 heavy (non-hydrogen) atoms. The lowest BCUT2D eigenvalue weighted by Gasteiger charge is -2.26. The maximum Gasteiger partial charge on any atom is 0.222 e. The third-order valence-electron chi connectivity index (χ3n) is 2.23. The molecule has 70 valence electrons. The molecule has 3 heteroatoms. The minimum atomic E-state index is 0.329. The lowest BCUT2D eigenvalue weighted by Crippen LogP contribution is -2.35. The first-order valence-electron chi connectivity index (χ1n) is 4.68. The van der Waals surface area contributed by atoms with Crippen molar-refractivity contribution >= 4 is 17.5 Å². The number of amides is 1. The minimum Gasteiger partial charge on any atom is -0.343 e. The molecule has 0 radical (unpaired) electrons. The molecular formula is C9H16ClNO. The zero-order chi connectivity index (χ0) is 8.81. The summed E-state index contributed by atoms with van der Waals surface area (Å²) < 4.78 is 0. The van der Waals surface area contributed by atoms with Crippen molar-refractivity contribution in [2.45, 2.75) is 32.1 Å². The molecule has 0 aromatic heterocycles. The predicted molar refractivity (Wildman–Crippen MR) is 50.4 cm³/mol. The number of likely N-dealkylation sites (tertiary alicyclic amines) is 1. The van der Waals surface area contributed by atoms with E-state index in [-0.39, 0.29) is 0 Å². The van der Waals surface area contributed by atoms with Gasteiger partial charge in [-0.1, -0.05) is 0 Å². The van der Waals surface area contributed by atoms with Gasteiger partial charge in [0.1, 0.15) is 0 Å². The SMILES string of the molecule is O=C1CCCCN1CCCCCl. The second kappa shape index (κ2) is 5.41. The van der Waals surface area contributed by atoms with Gasteiger partial charge in [0.25, 0.3) is 0 Å². The van der Waals surface area contributed by atoms with E-state index in [2.05, 4.69) is 0 Å². The van der Waals surface area contributed by atoms with Crippen LogP contribution in [0.5, 0.6) is 0 Å². The molecule has 0 spiro atoms. The Morgan fingerprint density at radius 2 is 2.17 bits per heavy atom. The van der Waals surface area contributed by atoms with Crippen LogP contribution in [0.1, 0.15) is 32.1 Å². The van der Waals surface area contributed by atoms with Crippen LogP contribution in [-0.4, -0.2) is 29.8 Å². The molecule has 1 fully saturated rings. The van der Waals surface area contributed by atoms with E-state index in [0.717, 1.165) is 38.8 Å². The average molecular weight is 190 g/mol. The predicted octanol–water partition coefficient (Wildman–Crippen LogP) is 2.02. The van der Waals surface area contributed by atoms with Crippen LogP contribution in [0.25, 0.3) is 0 Å². The van der Waals surface area contributed by atoms with Crippen LogP contribution in [0.4, 0.5) is 0 Å². The van der Waals surface area contributed by atoms with Crippen molar-refractivity contribution < 1.29 is 4.79 Å². The molecule has 0 bridgehead atoms. The fourth-order valence-corrected chi connectivity index (χ4v) is 1.68. The normalized spacial score (nSPS) is 18.4. The molecule has 1 amide bonds. The van der Waals surface area contributed by atoms with E-state index < -0.39 is 0 Å². The third kappa shape index (κ3) is 3.02. The van der Waals surface area contributed by atoms with Crippen molar-refractivity contribution in [1.82, 2.24) is 4.90 Å². The van der Waals surface area contributed by atoms with E-state index in [1.807, 2.05) is 4.90 Å². The van der Waals surface area contributed by atoms with Crippen molar-refractivity contribution in [2.24, 2.45) is 0 Å². The van der Waals surface area contributed by atoms with E-state index >= 15 is 0 Å². The van der Waals surface area contributed by atoms with Crippen LogP contribution >= 0.6 is 11.6 Å². The molecule has 1 aliphatic heterocycles. The molecular weight excluding hydrogens is 174 g/mol. The molecule has 1 aliphatic rings. The Morgan fingerprint density at radius 1 is 1.33 bits per heavy atom. The molecule has 0 aromatic rings. The maximum absolute atomic E-state index is 11.3. The minimum absolute atomic E-state index is 0.329. The zero-order valence-electron chi connectivity index (χ0n) is 7.39. The van der Waals surface area contributed by atoms with Crippen LogP contribution in [0.2, 0.25) is 0 Å². The van der Waals surface area contributed by atoms with Crippen molar-refractivity contribution in [3.8, 4) is 0 Å². The number of piperidine rings is 1. The fraction of sp³-hybridized carbons (Fsp3) is 0.889. The summed E-state index contributed by atoms with van der Waals surface area (Å²) in [6, 6.07) is 0. The van der Waals surface area contributed by atoms with Crippen LogP contribution in [0.3, 0.4) is 0 Å². The van der Waals surface area contributed by atoms with E-state index in [9.17, 15) is 4.79 Å². The highest BCUT2D eigenvalue weighted by molar-refractivity contribution is 6.17. The van der Waals surface area contributed by atoms with Gasteiger partial charge < -0.3 is 4.90 Å². The van der Waals surface area contributed by atoms with Crippen molar-refractivity contribution in [1.29, 1.82) is 0 Å². The summed E-state index contributed by atoms with van der Waals surface area (Å²) >= 11 is 5.55. The van der Waals surface area contributed by atoms with Crippen molar-refractivity contribution in [3.63, 3.8) is 0 Å². The Balaban J connectivity index is 2.16. The van der Waals surface area contributed by atoms with E-state index in [0.29, 0.717) is 11.8 Å². The van der Waals surface area contributed by atoms with E-state index in [1.165, 1.54) is 6.42 Å². The van der Waals surface area contributed by atoms with Gasteiger partial charge in [-0.2, -0.15) is 0 Å². The smallest absolute Gasteiger partial charge is 0.222 e. The molecule has 0 aromatic carbocycles. The van der Waals surface area contributed by atoms with Gasteiger partial charge in [0.2, 0.25) is 5.91 Å². The van der Waals surface area contributed by atoms with Crippen LogP contribution in [0, 0.1) is 0 Å². The Bertz CT molecular complexity index is 149. The van der Waals surface area contributed by atoms with E-state index in [4.69, 9.17) is 11.6 Å². The Morgan fingerprint density at radius 3 is 2.83 bits per heavy atom. The van der Waals surface area contributed by atoms with Gasteiger partial charge in [0.15, 0.2) is 0 Å². The quantitative estimate of drug-likeness (QED) is 0.490. The van der Waals surface area contributed by atoms with E-state index in [1.54, 1.807) is 0 Å². The Kier molecular flexibility index (Phi) is 4.44. The molecule has 0 N–H and O–H groups in total. The molecule has 1 rings (SSSR count). The van der Waals surface area contributed by atoms with Crippen LogP contribution in [0.15, 0.2) is 0 Å². The topological polar surface area (TPSA) is 20.3 Å². The molecule has 2 nitrogen and oxygen atoms in total. The number of alkyl halides is 1. The molecule has 0 aliphatic carbocycles. The Hall–Kier alpha value is -0.240.